The van der Waals surface area contributed by atoms with Crippen molar-refractivity contribution in [1.82, 2.24) is 0 Å². The van der Waals surface area contributed by atoms with E-state index >= 15 is 0 Å². The van der Waals surface area contributed by atoms with Gasteiger partial charge in [0.15, 0.2) is 0 Å². The number of rotatable bonds is 2. The first-order valence-corrected chi connectivity index (χ1v) is 7.41. The van der Waals surface area contributed by atoms with Crippen molar-refractivity contribution >= 4 is 38.3 Å². The van der Waals surface area contributed by atoms with E-state index in [-0.39, 0.29) is 0 Å². The summed E-state index contributed by atoms with van der Waals surface area (Å²) in [6.45, 7) is 0. The second-order valence-electron chi connectivity index (χ2n) is 4.45. The first-order chi connectivity index (χ1) is 10.2. The molecule has 102 valence electrons. The van der Waals surface area contributed by atoms with Crippen molar-refractivity contribution in [3.8, 4) is 17.6 Å². The molecule has 21 heavy (non-hydrogen) atoms. The van der Waals surface area contributed by atoms with Crippen molar-refractivity contribution in [2.24, 2.45) is 0 Å². The van der Waals surface area contributed by atoms with Crippen molar-refractivity contribution in [3.05, 3.63) is 69.7 Å². The van der Waals surface area contributed by atoms with Gasteiger partial charge in [-0.3, -0.25) is 0 Å². The largest absolute Gasteiger partial charge is 0.456 e. The molecule has 2 nitrogen and oxygen atoms in total. The number of halogens is 2. The molecular weight excluding hydrogens is 350 g/mol. The molecule has 0 amide bonds. The molecule has 0 unspecified atom stereocenters. The van der Waals surface area contributed by atoms with Gasteiger partial charge in [-0.15, -0.1) is 0 Å². The van der Waals surface area contributed by atoms with Crippen molar-refractivity contribution in [2.75, 3.05) is 0 Å². The van der Waals surface area contributed by atoms with Gasteiger partial charge < -0.3 is 4.74 Å². The minimum atomic E-state index is 0.579. The first kappa shape index (κ1) is 13.9. The van der Waals surface area contributed by atoms with Crippen molar-refractivity contribution in [1.29, 1.82) is 5.26 Å². The Morgan fingerprint density at radius 3 is 2.38 bits per heavy atom. The lowest BCUT2D eigenvalue weighted by molar-refractivity contribution is 0.485. The third kappa shape index (κ3) is 2.73. The SMILES string of the molecule is N#Cc1ccc(Oc2ccc(Cl)c3ccccc23)c(Br)c1. The van der Waals surface area contributed by atoms with Gasteiger partial charge in [0.1, 0.15) is 11.5 Å². The number of nitriles is 1. The van der Waals surface area contributed by atoms with Crippen LogP contribution >= 0.6 is 27.5 Å². The second-order valence-corrected chi connectivity index (χ2v) is 5.71. The lowest BCUT2D eigenvalue weighted by atomic mass is 10.1. The van der Waals surface area contributed by atoms with Crippen LogP contribution in [-0.2, 0) is 0 Å². The van der Waals surface area contributed by atoms with E-state index in [2.05, 4.69) is 22.0 Å². The van der Waals surface area contributed by atoms with Gasteiger partial charge in [-0.1, -0.05) is 35.9 Å². The molecule has 0 aliphatic rings. The van der Waals surface area contributed by atoms with Crippen molar-refractivity contribution in [2.45, 2.75) is 0 Å². The summed E-state index contributed by atoms with van der Waals surface area (Å²) in [5.74, 6) is 1.38. The third-order valence-corrected chi connectivity index (χ3v) is 4.06. The van der Waals surface area contributed by atoms with Gasteiger partial charge in [0, 0.05) is 15.8 Å². The average Bonchev–Trinajstić information content (AvgIpc) is 2.52. The molecule has 3 rings (SSSR count). The van der Waals surface area contributed by atoms with E-state index in [9.17, 15) is 0 Å². The summed E-state index contributed by atoms with van der Waals surface area (Å²) in [5, 5.41) is 11.5. The molecule has 0 aromatic heterocycles. The fourth-order valence-corrected chi connectivity index (χ4v) is 2.78. The Morgan fingerprint density at radius 1 is 0.952 bits per heavy atom. The van der Waals surface area contributed by atoms with Crippen LogP contribution in [0.4, 0.5) is 0 Å². The maximum absolute atomic E-state index is 8.89. The lowest BCUT2D eigenvalue weighted by Crippen LogP contribution is -1.88. The van der Waals surface area contributed by atoms with Gasteiger partial charge in [-0.25, -0.2) is 0 Å². The Labute approximate surface area is 135 Å². The third-order valence-electron chi connectivity index (χ3n) is 3.11. The molecule has 0 fully saturated rings. The molecule has 0 saturated heterocycles. The monoisotopic (exact) mass is 357 g/mol. The van der Waals surface area contributed by atoms with Gasteiger partial charge in [0.05, 0.1) is 16.1 Å². The molecule has 0 aliphatic carbocycles. The molecule has 4 heteroatoms. The van der Waals surface area contributed by atoms with E-state index in [4.69, 9.17) is 21.6 Å². The van der Waals surface area contributed by atoms with Crippen LogP contribution in [0.3, 0.4) is 0 Å². The number of ether oxygens (including phenoxy) is 1. The first-order valence-electron chi connectivity index (χ1n) is 6.24. The van der Waals surface area contributed by atoms with E-state index in [0.29, 0.717) is 16.3 Å². The van der Waals surface area contributed by atoms with Crippen LogP contribution in [-0.4, -0.2) is 0 Å². The number of benzene rings is 3. The fourth-order valence-electron chi connectivity index (χ4n) is 2.10. The zero-order chi connectivity index (χ0) is 14.8. The molecule has 0 spiro atoms. The molecule has 0 heterocycles. The van der Waals surface area contributed by atoms with Crippen LogP contribution in [0, 0.1) is 11.3 Å². The second kappa shape index (κ2) is 5.77. The van der Waals surface area contributed by atoms with E-state index in [0.717, 1.165) is 21.0 Å². The van der Waals surface area contributed by atoms with Crippen LogP contribution in [0.2, 0.25) is 5.02 Å². The summed E-state index contributed by atoms with van der Waals surface area (Å²) >= 11 is 9.62. The van der Waals surface area contributed by atoms with Crippen LogP contribution in [0.25, 0.3) is 10.8 Å². The molecule has 0 aliphatic heterocycles. The smallest absolute Gasteiger partial charge is 0.141 e. The summed E-state index contributed by atoms with van der Waals surface area (Å²) in [6.07, 6.45) is 0. The highest BCUT2D eigenvalue weighted by Gasteiger charge is 2.09. The summed E-state index contributed by atoms with van der Waals surface area (Å²) in [5.41, 5.74) is 0.579. The van der Waals surface area contributed by atoms with Crippen molar-refractivity contribution < 1.29 is 4.74 Å². The van der Waals surface area contributed by atoms with Crippen molar-refractivity contribution in [3.63, 3.8) is 0 Å². The van der Waals surface area contributed by atoms with Crippen LogP contribution in [0.1, 0.15) is 5.56 Å². The number of nitrogens with zero attached hydrogens (tertiary/aromatic N) is 1. The van der Waals surface area contributed by atoms with Gasteiger partial charge in [-0.05, 0) is 46.3 Å². The topological polar surface area (TPSA) is 33.0 Å². The number of hydrogen-bond acceptors (Lipinski definition) is 2. The highest BCUT2D eigenvalue weighted by Crippen LogP contribution is 2.36. The number of fused-ring (bicyclic) bond motifs is 1. The Hall–Kier alpha value is -2.02. The predicted molar refractivity (Wildman–Crippen MR) is 87.9 cm³/mol. The zero-order valence-corrected chi connectivity index (χ0v) is 13.1. The molecule has 0 bridgehead atoms. The molecule has 0 atom stereocenters. The lowest BCUT2D eigenvalue weighted by Gasteiger charge is -2.11. The maximum atomic E-state index is 8.89. The standard InChI is InChI=1S/C17H9BrClNO/c18-14-9-11(10-20)5-7-17(14)21-16-8-6-15(19)12-3-1-2-4-13(12)16/h1-9H. The summed E-state index contributed by atoms with van der Waals surface area (Å²) in [7, 11) is 0. The minimum absolute atomic E-state index is 0.579. The Bertz CT molecular complexity index is 870. The molecule has 0 N–H and O–H groups in total. The Balaban J connectivity index is 2.07. The van der Waals surface area contributed by atoms with Gasteiger partial charge in [-0.2, -0.15) is 5.26 Å². The van der Waals surface area contributed by atoms with E-state index in [1.807, 2.05) is 36.4 Å². The van der Waals surface area contributed by atoms with Gasteiger partial charge in [0.2, 0.25) is 0 Å². The molecule has 0 radical (unpaired) electrons. The number of hydrogen-bond donors (Lipinski definition) is 0. The minimum Gasteiger partial charge on any atom is -0.456 e. The fraction of sp³-hybridized carbons (Fsp3) is 0. The zero-order valence-electron chi connectivity index (χ0n) is 10.8. The highest BCUT2D eigenvalue weighted by molar-refractivity contribution is 9.10. The highest BCUT2D eigenvalue weighted by atomic mass is 79.9. The summed E-state index contributed by atoms with van der Waals surface area (Å²) < 4.78 is 6.70. The molecule has 3 aromatic rings. The summed E-state index contributed by atoms with van der Waals surface area (Å²) in [4.78, 5) is 0. The molecular formula is C17H9BrClNO. The Morgan fingerprint density at radius 2 is 1.67 bits per heavy atom. The van der Waals surface area contributed by atoms with Gasteiger partial charge >= 0.3 is 0 Å². The molecule has 0 saturated carbocycles. The molecule has 3 aromatic carbocycles. The van der Waals surface area contributed by atoms with E-state index < -0.39 is 0 Å². The van der Waals surface area contributed by atoms with E-state index in [1.165, 1.54) is 0 Å². The Kier molecular flexibility index (Phi) is 3.83. The van der Waals surface area contributed by atoms with Crippen LogP contribution in [0.15, 0.2) is 59.1 Å². The van der Waals surface area contributed by atoms with Crippen LogP contribution < -0.4 is 4.74 Å². The van der Waals surface area contributed by atoms with Crippen LogP contribution in [0.5, 0.6) is 11.5 Å². The maximum Gasteiger partial charge on any atom is 0.141 e. The quantitative estimate of drug-likeness (QED) is 0.569. The van der Waals surface area contributed by atoms with E-state index in [1.54, 1.807) is 18.2 Å². The summed E-state index contributed by atoms with van der Waals surface area (Å²) in [6, 6.07) is 18.8. The normalized spacial score (nSPS) is 10.3. The average molecular weight is 359 g/mol. The predicted octanol–water partition coefficient (Wildman–Crippen LogP) is 5.92. The van der Waals surface area contributed by atoms with Gasteiger partial charge in [0.25, 0.3) is 0 Å².